The van der Waals surface area contributed by atoms with Gasteiger partial charge in [-0.3, -0.25) is 19.8 Å². The second-order valence-electron chi connectivity index (χ2n) is 6.97. The number of carbonyl (C=O) groups is 1. The van der Waals surface area contributed by atoms with Crippen LogP contribution in [0.4, 0.5) is 24.7 Å². The van der Waals surface area contributed by atoms with Gasteiger partial charge in [0, 0.05) is 30.4 Å². The highest BCUT2D eigenvalue weighted by molar-refractivity contribution is 6.04. The number of hydrogen-bond donors (Lipinski definition) is 3. The highest BCUT2D eigenvalue weighted by Gasteiger charge is 2.31. The Morgan fingerprint density at radius 2 is 1.97 bits per heavy atom. The minimum atomic E-state index is -4.54. The Kier molecular flexibility index (Phi) is 5.84. The van der Waals surface area contributed by atoms with Gasteiger partial charge in [-0.05, 0) is 31.2 Å². The summed E-state index contributed by atoms with van der Waals surface area (Å²) in [6.45, 7) is 1.76. The van der Waals surface area contributed by atoms with Crippen LogP contribution < -0.4 is 26.0 Å². The van der Waals surface area contributed by atoms with Crippen molar-refractivity contribution in [2.24, 2.45) is 0 Å². The largest absolute Gasteiger partial charge is 0.495 e. The maximum absolute atomic E-state index is 12.9. The normalized spacial score (nSPS) is 13.4. The van der Waals surface area contributed by atoms with Crippen molar-refractivity contribution in [2.75, 3.05) is 17.4 Å². The first-order valence-corrected chi connectivity index (χ1v) is 9.58. The number of halogens is 3. The minimum Gasteiger partial charge on any atom is -0.495 e. The van der Waals surface area contributed by atoms with E-state index in [9.17, 15) is 18.0 Å². The SMILES string of the molecule is COc1cncc(C2=CN(c3cc(C(=O)Nc4cc(C(F)(F)F)ccn4)cnc3C)NN2)c1. The molecule has 0 spiro atoms. The van der Waals surface area contributed by atoms with Gasteiger partial charge in [-0.2, -0.15) is 13.2 Å². The van der Waals surface area contributed by atoms with Crippen LogP contribution in [0.2, 0.25) is 0 Å². The maximum atomic E-state index is 12.9. The number of aromatic nitrogens is 3. The van der Waals surface area contributed by atoms with Gasteiger partial charge >= 0.3 is 6.18 Å². The molecule has 0 fully saturated rings. The molecular weight excluding hydrogens is 439 g/mol. The first kappa shape index (κ1) is 22.0. The Morgan fingerprint density at radius 3 is 2.73 bits per heavy atom. The molecule has 33 heavy (non-hydrogen) atoms. The molecule has 170 valence electrons. The molecule has 0 aliphatic carbocycles. The molecule has 12 heteroatoms. The number of hydrogen-bond acceptors (Lipinski definition) is 8. The zero-order chi connectivity index (χ0) is 23.6. The Labute approximate surface area is 186 Å². The fraction of sp³-hybridized carbons (Fsp3) is 0.143. The van der Waals surface area contributed by atoms with Gasteiger partial charge < -0.3 is 15.5 Å². The van der Waals surface area contributed by atoms with Crippen molar-refractivity contribution in [1.29, 1.82) is 0 Å². The van der Waals surface area contributed by atoms with Crippen molar-refractivity contribution >= 4 is 23.1 Å². The van der Waals surface area contributed by atoms with Crippen LogP contribution in [0.1, 0.15) is 27.2 Å². The number of hydrazine groups is 2. The standard InChI is InChI=1S/C21H18F3N7O2/c1-12-18(31-11-17(29-30-31)13-5-16(33-2)10-25-8-13)6-14(9-27-12)20(32)28-19-7-15(3-4-26-19)21(22,23)24/h3-11,29-30H,1-2H3,(H,26,28,32). The number of pyridine rings is 3. The fourth-order valence-electron chi connectivity index (χ4n) is 3.02. The summed E-state index contributed by atoms with van der Waals surface area (Å²) in [6.07, 6.45) is 2.76. The number of carbonyl (C=O) groups excluding carboxylic acids is 1. The van der Waals surface area contributed by atoms with Gasteiger partial charge in [0.05, 0.1) is 41.5 Å². The number of anilines is 2. The average Bonchev–Trinajstić information content (AvgIpc) is 3.29. The number of alkyl halides is 3. The summed E-state index contributed by atoms with van der Waals surface area (Å²) in [5.74, 6) is -0.275. The van der Waals surface area contributed by atoms with Crippen molar-refractivity contribution in [3.8, 4) is 5.75 Å². The first-order chi connectivity index (χ1) is 15.7. The van der Waals surface area contributed by atoms with Crippen molar-refractivity contribution in [1.82, 2.24) is 25.9 Å². The van der Waals surface area contributed by atoms with Crippen molar-refractivity contribution in [2.45, 2.75) is 13.1 Å². The van der Waals surface area contributed by atoms with E-state index in [2.05, 4.69) is 31.2 Å². The third kappa shape index (κ3) is 4.85. The summed E-state index contributed by atoms with van der Waals surface area (Å²) in [5.41, 5.74) is 7.81. The van der Waals surface area contributed by atoms with Crippen LogP contribution in [0.15, 0.2) is 55.3 Å². The van der Waals surface area contributed by atoms with Crippen LogP contribution in [0.25, 0.3) is 5.70 Å². The van der Waals surface area contributed by atoms with E-state index in [-0.39, 0.29) is 11.4 Å². The van der Waals surface area contributed by atoms with E-state index < -0.39 is 17.6 Å². The Balaban J connectivity index is 1.56. The molecule has 4 heterocycles. The molecule has 0 saturated heterocycles. The van der Waals surface area contributed by atoms with Crippen molar-refractivity contribution < 1.29 is 22.7 Å². The Morgan fingerprint density at radius 1 is 1.15 bits per heavy atom. The predicted molar refractivity (Wildman–Crippen MR) is 114 cm³/mol. The van der Waals surface area contributed by atoms with E-state index in [1.165, 1.54) is 6.20 Å². The summed E-state index contributed by atoms with van der Waals surface area (Å²) < 4.78 is 43.9. The van der Waals surface area contributed by atoms with Crippen LogP contribution in [0.5, 0.6) is 5.75 Å². The van der Waals surface area contributed by atoms with E-state index in [1.807, 2.05) is 0 Å². The summed E-state index contributed by atoms with van der Waals surface area (Å²) >= 11 is 0. The number of rotatable bonds is 5. The molecule has 0 saturated carbocycles. The number of nitrogens with one attached hydrogen (secondary N) is 3. The molecule has 1 aliphatic rings. The summed E-state index contributed by atoms with van der Waals surface area (Å²) in [4.78, 5) is 24.8. The Hall–Kier alpha value is -4.19. The smallest absolute Gasteiger partial charge is 0.416 e. The lowest BCUT2D eigenvalue weighted by Crippen LogP contribution is -2.36. The monoisotopic (exact) mass is 457 g/mol. The average molecular weight is 457 g/mol. The molecule has 3 aromatic heterocycles. The third-order valence-corrected chi connectivity index (χ3v) is 4.74. The van der Waals surface area contributed by atoms with Gasteiger partial charge in [0.2, 0.25) is 0 Å². The number of ether oxygens (including phenoxy) is 1. The molecule has 3 N–H and O–H groups in total. The molecular formula is C21H18F3N7O2. The van der Waals surface area contributed by atoms with Crippen molar-refractivity contribution in [3.63, 3.8) is 0 Å². The number of nitrogens with zero attached hydrogens (tertiary/aromatic N) is 4. The molecule has 0 atom stereocenters. The zero-order valence-corrected chi connectivity index (χ0v) is 17.4. The quantitative estimate of drug-likeness (QED) is 0.536. The molecule has 3 aromatic rings. The Bertz CT molecular complexity index is 1230. The molecule has 0 bridgehead atoms. The second-order valence-corrected chi connectivity index (χ2v) is 6.97. The molecule has 9 nitrogen and oxygen atoms in total. The third-order valence-electron chi connectivity index (χ3n) is 4.74. The van der Waals surface area contributed by atoms with Crippen LogP contribution in [-0.2, 0) is 6.18 Å². The highest BCUT2D eigenvalue weighted by atomic mass is 19.4. The maximum Gasteiger partial charge on any atom is 0.416 e. The summed E-state index contributed by atoms with van der Waals surface area (Å²) in [5, 5.41) is 3.99. The van der Waals surface area contributed by atoms with Crippen LogP contribution in [0.3, 0.4) is 0 Å². The molecule has 0 radical (unpaired) electrons. The lowest BCUT2D eigenvalue weighted by molar-refractivity contribution is -0.137. The van der Waals surface area contributed by atoms with Gasteiger partial charge in [-0.25, -0.2) is 4.98 Å². The molecule has 0 unspecified atom stereocenters. The van der Waals surface area contributed by atoms with Gasteiger partial charge in [0.15, 0.2) is 0 Å². The number of aryl methyl sites for hydroxylation is 1. The zero-order valence-electron chi connectivity index (χ0n) is 17.4. The summed E-state index contributed by atoms with van der Waals surface area (Å²) in [6, 6.07) is 4.95. The molecule has 1 aliphatic heterocycles. The molecule has 1 amide bonds. The number of amides is 1. The number of methoxy groups -OCH3 is 1. The van der Waals surface area contributed by atoms with Crippen LogP contribution in [0, 0.1) is 6.92 Å². The van der Waals surface area contributed by atoms with Gasteiger partial charge in [-0.1, -0.05) is 0 Å². The lowest BCUT2D eigenvalue weighted by Gasteiger charge is -2.18. The van der Waals surface area contributed by atoms with Crippen LogP contribution in [-0.4, -0.2) is 28.0 Å². The van der Waals surface area contributed by atoms with E-state index in [0.29, 0.717) is 22.8 Å². The molecule has 0 aromatic carbocycles. The highest BCUT2D eigenvalue weighted by Crippen LogP contribution is 2.30. The van der Waals surface area contributed by atoms with E-state index in [4.69, 9.17) is 4.74 Å². The van der Waals surface area contributed by atoms with Gasteiger partial charge in [-0.15, -0.1) is 5.53 Å². The van der Waals surface area contributed by atoms with E-state index in [0.717, 1.165) is 23.9 Å². The molecule has 4 rings (SSSR count). The fourth-order valence-corrected chi connectivity index (χ4v) is 3.02. The second kappa shape index (κ2) is 8.74. The topological polar surface area (TPSA) is 104 Å². The first-order valence-electron chi connectivity index (χ1n) is 9.58. The predicted octanol–water partition coefficient (Wildman–Crippen LogP) is 3.29. The van der Waals surface area contributed by atoms with Crippen molar-refractivity contribution in [3.05, 3.63) is 77.6 Å². The lowest BCUT2D eigenvalue weighted by atomic mass is 10.2. The summed E-state index contributed by atoms with van der Waals surface area (Å²) in [7, 11) is 1.54. The van der Waals surface area contributed by atoms with E-state index in [1.54, 1.807) is 49.8 Å². The minimum absolute atomic E-state index is 0.140. The van der Waals surface area contributed by atoms with Crippen LogP contribution >= 0.6 is 0 Å². The van der Waals surface area contributed by atoms with Gasteiger partial charge in [0.25, 0.3) is 5.91 Å². The van der Waals surface area contributed by atoms with Gasteiger partial charge in [0.1, 0.15) is 11.6 Å². The van der Waals surface area contributed by atoms with E-state index >= 15 is 0 Å².